The molecule has 3 aromatic rings. The Morgan fingerprint density at radius 1 is 1.18 bits per heavy atom. The molecule has 1 aromatic heterocycles. The molecule has 0 radical (unpaired) electrons. The van der Waals surface area contributed by atoms with Crippen LogP contribution in [-0.2, 0) is 4.79 Å². The number of hydrogen-bond donors (Lipinski definition) is 1. The molecule has 0 unspecified atom stereocenters. The van der Waals surface area contributed by atoms with Crippen LogP contribution in [-0.4, -0.2) is 16.6 Å². The zero-order chi connectivity index (χ0) is 15.5. The summed E-state index contributed by atoms with van der Waals surface area (Å²) in [7, 11) is 0. The molecule has 3 nitrogen and oxygen atoms in total. The third-order valence-electron chi connectivity index (χ3n) is 3.39. The first-order chi connectivity index (χ1) is 10.6. The monoisotopic (exact) mass is 328 g/mol. The van der Waals surface area contributed by atoms with Crippen LogP contribution in [0, 0.1) is 13.8 Å². The van der Waals surface area contributed by atoms with Gasteiger partial charge in [0.25, 0.3) is 0 Å². The van der Waals surface area contributed by atoms with Gasteiger partial charge in [-0.2, -0.15) is 0 Å². The van der Waals surface area contributed by atoms with Gasteiger partial charge in [-0.25, -0.2) is 4.98 Å². The predicted octanol–water partition coefficient (Wildman–Crippen LogP) is 4.64. The maximum atomic E-state index is 12.0. The molecule has 2 aromatic carbocycles. The van der Waals surface area contributed by atoms with Crippen LogP contribution in [0.2, 0.25) is 0 Å². The summed E-state index contributed by atoms with van der Waals surface area (Å²) in [6.07, 6.45) is 0. The quantitative estimate of drug-likeness (QED) is 0.709. The van der Waals surface area contributed by atoms with Gasteiger partial charge in [0.1, 0.15) is 0 Å². The topological polar surface area (TPSA) is 42.0 Å². The molecule has 0 atom stereocenters. The molecule has 0 saturated heterocycles. The van der Waals surface area contributed by atoms with E-state index in [0.29, 0.717) is 5.75 Å². The average molecular weight is 328 g/mol. The molecule has 1 N–H and O–H groups in total. The fraction of sp³-hybridized carbons (Fsp3) is 0.176. The summed E-state index contributed by atoms with van der Waals surface area (Å²) >= 11 is 3.10. The van der Waals surface area contributed by atoms with Crippen molar-refractivity contribution in [2.45, 2.75) is 18.2 Å². The Kier molecular flexibility index (Phi) is 4.45. The molecule has 112 valence electrons. The largest absolute Gasteiger partial charge is 0.325 e. The Hall–Kier alpha value is -1.85. The number of fused-ring (bicyclic) bond motifs is 1. The molecule has 0 aliphatic carbocycles. The van der Waals surface area contributed by atoms with Crippen LogP contribution < -0.4 is 5.32 Å². The Labute approximate surface area is 137 Å². The number of rotatable bonds is 4. The molecule has 0 aliphatic heterocycles. The summed E-state index contributed by atoms with van der Waals surface area (Å²) in [4.78, 5) is 16.6. The van der Waals surface area contributed by atoms with Crippen LogP contribution >= 0.6 is 23.1 Å². The maximum absolute atomic E-state index is 12.0. The minimum Gasteiger partial charge on any atom is -0.325 e. The lowest BCUT2D eigenvalue weighted by molar-refractivity contribution is -0.113. The van der Waals surface area contributed by atoms with E-state index in [1.807, 2.05) is 49.4 Å². The first kappa shape index (κ1) is 15.1. The second kappa shape index (κ2) is 6.50. The van der Waals surface area contributed by atoms with E-state index in [9.17, 15) is 4.79 Å². The van der Waals surface area contributed by atoms with Gasteiger partial charge < -0.3 is 5.32 Å². The van der Waals surface area contributed by atoms with Gasteiger partial charge >= 0.3 is 0 Å². The first-order valence-electron chi connectivity index (χ1n) is 6.97. The number of nitrogens with one attached hydrogen (secondary N) is 1. The van der Waals surface area contributed by atoms with E-state index < -0.39 is 0 Å². The van der Waals surface area contributed by atoms with E-state index >= 15 is 0 Å². The van der Waals surface area contributed by atoms with Crippen molar-refractivity contribution in [3.05, 3.63) is 53.6 Å². The molecule has 0 fully saturated rings. The zero-order valence-corrected chi connectivity index (χ0v) is 14.1. The van der Waals surface area contributed by atoms with Crippen molar-refractivity contribution in [3.8, 4) is 0 Å². The van der Waals surface area contributed by atoms with Gasteiger partial charge in [0.2, 0.25) is 5.91 Å². The number of para-hydroxylation sites is 1. The third kappa shape index (κ3) is 3.48. The number of thioether (sulfide) groups is 1. The van der Waals surface area contributed by atoms with Crippen molar-refractivity contribution in [1.82, 2.24) is 4.98 Å². The Bertz CT molecular complexity index is 793. The number of carbonyl (C=O) groups excluding carboxylic acids is 1. The Balaban J connectivity index is 1.60. The summed E-state index contributed by atoms with van der Waals surface area (Å²) in [5.41, 5.74) is 4.24. The highest BCUT2D eigenvalue weighted by molar-refractivity contribution is 8.01. The lowest BCUT2D eigenvalue weighted by Gasteiger charge is -2.06. The maximum Gasteiger partial charge on any atom is 0.234 e. The predicted molar refractivity (Wildman–Crippen MR) is 94.9 cm³/mol. The number of amides is 1. The van der Waals surface area contributed by atoms with E-state index in [2.05, 4.69) is 17.2 Å². The summed E-state index contributed by atoms with van der Waals surface area (Å²) < 4.78 is 2.08. The normalized spacial score (nSPS) is 10.8. The molecule has 5 heteroatoms. The number of carbonyl (C=O) groups is 1. The zero-order valence-electron chi connectivity index (χ0n) is 12.4. The van der Waals surface area contributed by atoms with E-state index in [0.717, 1.165) is 20.2 Å². The van der Waals surface area contributed by atoms with Crippen LogP contribution in [0.4, 0.5) is 5.69 Å². The minimum atomic E-state index is -0.00694. The van der Waals surface area contributed by atoms with Crippen molar-refractivity contribution < 1.29 is 4.79 Å². The first-order valence-corrected chi connectivity index (χ1v) is 8.77. The highest BCUT2D eigenvalue weighted by atomic mass is 32.2. The third-order valence-corrected chi connectivity index (χ3v) is 5.57. The number of hydrogen-bond acceptors (Lipinski definition) is 4. The number of nitrogens with zero attached hydrogens (tertiary/aromatic N) is 1. The van der Waals surface area contributed by atoms with Crippen LogP contribution in [0.5, 0.6) is 0 Å². The van der Waals surface area contributed by atoms with Gasteiger partial charge in [-0.15, -0.1) is 11.3 Å². The number of aryl methyl sites for hydroxylation is 2. The number of aromatic nitrogens is 1. The molecule has 0 spiro atoms. The summed E-state index contributed by atoms with van der Waals surface area (Å²) in [5, 5.41) is 2.93. The van der Waals surface area contributed by atoms with Crippen molar-refractivity contribution in [1.29, 1.82) is 0 Å². The molecule has 3 rings (SSSR count). The van der Waals surface area contributed by atoms with Gasteiger partial charge in [0, 0.05) is 5.69 Å². The molecule has 0 aliphatic rings. The van der Waals surface area contributed by atoms with Crippen LogP contribution in [0.3, 0.4) is 0 Å². The van der Waals surface area contributed by atoms with Gasteiger partial charge in [-0.1, -0.05) is 30.0 Å². The van der Waals surface area contributed by atoms with E-state index in [1.165, 1.54) is 22.9 Å². The number of anilines is 1. The molecule has 22 heavy (non-hydrogen) atoms. The molecule has 1 heterocycles. The fourth-order valence-corrected chi connectivity index (χ4v) is 3.92. The molecule has 1 amide bonds. The lowest BCUT2D eigenvalue weighted by Crippen LogP contribution is -2.14. The number of thiazole rings is 1. The van der Waals surface area contributed by atoms with Crippen LogP contribution in [0.25, 0.3) is 10.2 Å². The SMILES string of the molecule is Cc1ccc(NC(=O)CSc2nc3ccccc3s2)cc1C. The van der Waals surface area contributed by atoms with E-state index in [1.54, 1.807) is 11.3 Å². The van der Waals surface area contributed by atoms with Crippen molar-refractivity contribution >= 4 is 44.9 Å². The van der Waals surface area contributed by atoms with Crippen molar-refractivity contribution in [2.24, 2.45) is 0 Å². The van der Waals surface area contributed by atoms with Gasteiger partial charge in [-0.05, 0) is 49.2 Å². The van der Waals surface area contributed by atoms with Gasteiger partial charge in [0.15, 0.2) is 4.34 Å². The average Bonchev–Trinajstić information content (AvgIpc) is 2.92. The van der Waals surface area contributed by atoms with Gasteiger partial charge in [-0.3, -0.25) is 4.79 Å². The van der Waals surface area contributed by atoms with Crippen LogP contribution in [0.15, 0.2) is 46.8 Å². The summed E-state index contributed by atoms with van der Waals surface area (Å²) in [6, 6.07) is 14.0. The summed E-state index contributed by atoms with van der Waals surface area (Å²) in [6.45, 7) is 4.10. The molecular weight excluding hydrogens is 312 g/mol. The van der Waals surface area contributed by atoms with Crippen molar-refractivity contribution in [2.75, 3.05) is 11.1 Å². The highest BCUT2D eigenvalue weighted by Gasteiger charge is 2.08. The second-order valence-electron chi connectivity index (χ2n) is 5.08. The number of benzene rings is 2. The highest BCUT2D eigenvalue weighted by Crippen LogP contribution is 2.29. The second-order valence-corrected chi connectivity index (χ2v) is 7.34. The standard InChI is InChI=1S/C17H16N2OS2/c1-11-7-8-13(9-12(11)2)18-16(20)10-21-17-19-14-5-3-4-6-15(14)22-17/h3-9H,10H2,1-2H3,(H,18,20). The molecular formula is C17H16N2OS2. The minimum absolute atomic E-state index is 0.00694. The van der Waals surface area contributed by atoms with Crippen molar-refractivity contribution in [3.63, 3.8) is 0 Å². The Morgan fingerprint density at radius 2 is 2.00 bits per heavy atom. The Morgan fingerprint density at radius 3 is 2.77 bits per heavy atom. The van der Waals surface area contributed by atoms with E-state index in [-0.39, 0.29) is 5.91 Å². The smallest absolute Gasteiger partial charge is 0.234 e. The van der Waals surface area contributed by atoms with Crippen LogP contribution in [0.1, 0.15) is 11.1 Å². The fourth-order valence-electron chi connectivity index (χ4n) is 2.06. The van der Waals surface area contributed by atoms with Gasteiger partial charge in [0.05, 0.1) is 16.0 Å². The lowest BCUT2D eigenvalue weighted by atomic mass is 10.1. The molecule has 0 bridgehead atoms. The van der Waals surface area contributed by atoms with E-state index in [4.69, 9.17) is 0 Å². The molecule has 0 saturated carbocycles. The summed E-state index contributed by atoms with van der Waals surface area (Å²) in [5.74, 6) is 0.361.